The molecular formula is C11H12O2S. The zero-order valence-corrected chi connectivity index (χ0v) is 8.75. The van der Waals surface area contributed by atoms with E-state index in [-0.39, 0.29) is 0 Å². The molecule has 0 saturated heterocycles. The smallest absolute Gasteiger partial charge is 0.101 e. The first-order valence-corrected chi connectivity index (χ1v) is 5.39. The maximum Gasteiger partial charge on any atom is 0.101 e. The van der Waals surface area contributed by atoms with Gasteiger partial charge in [0, 0.05) is 16.9 Å². The number of rotatable bonds is 3. The Kier molecular flexibility index (Phi) is 2.70. The number of hydrogen-bond acceptors (Lipinski definition) is 3. The Bertz CT molecular complexity index is 389. The molecule has 0 aliphatic rings. The number of aryl methyl sites for hydroxylation is 1. The molecule has 14 heavy (non-hydrogen) atoms. The van der Waals surface area contributed by atoms with Gasteiger partial charge in [0.05, 0.1) is 12.4 Å². The summed E-state index contributed by atoms with van der Waals surface area (Å²) in [5.74, 6) is 0.838. The van der Waals surface area contributed by atoms with Crippen LogP contribution in [0.1, 0.15) is 22.3 Å². The average molecular weight is 208 g/mol. The predicted molar refractivity (Wildman–Crippen MR) is 56.4 cm³/mol. The van der Waals surface area contributed by atoms with E-state index in [1.807, 2.05) is 30.5 Å². The highest BCUT2D eigenvalue weighted by atomic mass is 32.1. The summed E-state index contributed by atoms with van der Waals surface area (Å²) >= 11 is 1.66. The molecule has 0 saturated carbocycles. The van der Waals surface area contributed by atoms with Crippen LogP contribution >= 0.6 is 11.3 Å². The Morgan fingerprint density at radius 1 is 1.57 bits per heavy atom. The van der Waals surface area contributed by atoms with Gasteiger partial charge in [-0.3, -0.25) is 0 Å². The monoisotopic (exact) mass is 208 g/mol. The van der Waals surface area contributed by atoms with Crippen molar-refractivity contribution in [3.63, 3.8) is 0 Å². The van der Waals surface area contributed by atoms with Crippen LogP contribution in [-0.2, 0) is 6.42 Å². The largest absolute Gasteiger partial charge is 0.469 e. The normalized spacial score (nSPS) is 13.0. The van der Waals surface area contributed by atoms with Gasteiger partial charge in [0.2, 0.25) is 0 Å². The molecule has 2 heterocycles. The second-order valence-corrected chi connectivity index (χ2v) is 4.32. The van der Waals surface area contributed by atoms with Crippen molar-refractivity contribution in [2.24, 2.45) is 0 Å². The van der Waals surface area contributed by atoms with Crippen LogP contribution in [-0.4, -0.2) is 5.11 Å². The van der Waals surface area contributed by atoms with Crippen LogP contribution in [0.15, 0.2) is 34.3 Å². The minimum Gasteiger partial charge on any atom is -0.469 e. The molecule has 0 radical (unpaired) electrons. The van der Waals surface area contributed by atoms with Gasteiger partial charge in [-0.25, -0.2) is 0 Å². The average Bonchev–Trinajstić information content (AvgIpc) is 2.75. The van der Waals surface area contributed by atoms with E-state index >= 15 is 0 Å². The van der Waals surface area contributed by atoms with Crippen molar-refractivity contribution >= 4 is 11.3 Å². The summed E-state index contributed by atoms with van der Waals surface area (Å²) in [7, 11) is 0. The summed E-state index contributed by atoms with van der Waals surface area (Å²) in [6, 6.07) is 5.90. The van der Waals surface area contributed by atoms with E-state index < -0.39 is 6.10 Å². The molecule has 0 aliphatic carbocycles. The van der Waals surface area contributed by atoms with Crippen LogP contribution in [0.2, 0.25) is 0 Å². The van der Waals surface area contributed by atoms with Crippen LogP contribution in [0.3, 0.4) is 0 Å². The van der Waals surface area contributed by atoms with Crippen LogP contribution in [0.25, 0.3) is 0 Å². The van der Waals surface area contributed by atoms with Gasteiger partial charge in [-0.15, -0.1) is 11.3 Å². The lowest BCUT2D eigenvalue weighted by Crippen LogP contribution is -1.98. The number of aliphatic hydroxyl groups is 1. The summed E-state index contributed by atoms with van der Waals surface area (Å²) in [5.41, 5.74) is 0.857. The van der Waals surface area contributed by atoms with Gasteiger partial charge in [-0.1, -0.05) is 6.07 Å². The molecule has 2 aromatic rings. The van der Waals surface area contributed by atoms with Crippen molar-refractivity contribution in [1.82, 2.24) is 0 Å². The molecule has 3 heteroatoms. The van der Waals surface area contributed by atoms with Crippen LogP contribution < -0.4 is 0 Å². The summed E-state index contributed by atoms with van der Waals surface area (Å²) in [5, 5.41) is 11.9. The topological polar surface area (TPSA) is 33.4 Å². The minimum absolute atomic E-state index is 0.453. The second-order valence-electron chi connectivity index (χ2n) is 3.29. The molecule has 0 bridgehead atoms. The quantitative estimate of drug-likeness (QED) is 0.841. The Morgan fingerprint density at radius 3 is 3.00 bits per heavy atom. The van der Waals surface area contributed by atoms with E-state index in [1.165, 1.54) is 4.88 Å². The fraction of sp³-hybridized carbons (Fsp3) is 0.273. The highest BCUT2D eigenvalue weighted by Crippen LogP contribution is 2.22. The highest BCUT2D eigenvalue weighted by molar-refractivity contribution is 7.09. The van der Waals surface area contributed by atoms with Gasteiger partial charge in [0.15, 0.2) is 0 Å². The number of thiophene rings is 1. The first-order chi connectivity index (χ1) is 6.75. The molecule has 0 aromatic carbocycles. The zero-order valence-electron chi connectivity index (χ0n) is 7.93. The van der Waals surface area contributed by atoms with E-state index in [0.29, 0.717) is 6.42 Å². The first-order valence-electron chi connectivity index (χ1n) is 4.51. The standard InChI is InChI=1S/C11H12O2S/c1-8-5-9(7-13-8)11(12)6-10-3-2-4-14-10/h2-5,7,11-12H,6H2,1H3. The lowest BCUT2D eigenvalue weighted by molar-refractivity contribution is 0.178. The van der Waals surface area contributed by atoms with Crippen molar-refractivity contribution < 1.29 is 9.52 Å². The number of aliphatic hydroxyl groups excluding tert-OH is 1. The molecule has 0 amide bonds. The second kappa shape index (κ2) is 3.98. The molecule has 2 aromatic heterocycles. The predicted octanol–water partition coefficient (Wildman–Crippen LogP) is 2.93. The molecule has 0 fully saturated rings. The minimum atomic E-state index is -0.453. The van der Waals surface area contributed by atoms with Gasteiger partial charge < -0.3 is 9.52 Å². The molecular weight excluding hydrogens is 196 g/mol. The zero-order chi connectivity index (χ0) is 9.97. The third-order valence-electron chi connectivity index (χ3n) is 2.11. The molecule has 1 N–H and O–H groups in total. The number of furan rings is 1. The van der Waals surface area contributed by atoms with Crippen LogP contribution in [0, 0.1) is 6.92 Å². The maximum absolute atomic E-state index is 9.85. The Hall–Kier alpha value is -1.06. The first kappa shape index (κ1) is 9.49. The fourth-order valence-corrected chi connectivity index (χ4v) is 2.12. The summed E-state index contributed by atoms with van der Waals surface area (Å²) in [6.45, 7) is 1.88. The van der Waals surface area contributed by atoms with E-state index in [9.17, 15) is 5.11 Å². The Labute approximate surface area is 86.8 Å². The Balaban J connectivity index is 2.06. The van der Waals surface area contributed by atoms with Crippen molar-refractivity contribution in [2.45, 2.75) is 19.4 Å². The third kappa shape index (κ3) is 2.05. The number of hydrogen-bond donors (Lipinski definition) is 1. The molecule has 2 nitrogen and oxygen atoms in total. The van der Waals surface area contributed by atoms with E-state index in [2.05, 4.69) is 0 Å². The Morgan fingerprint density at radius 2 is 2.43 bits per heavy atom. The van der Waals surface area contributed by atoms with Gasteiger partial charge >= 0.3 is 0 Å². The van der Waals surface area contributed by atoms with Crippen molar-refractivity contribution in [3.05, 3.63) is 46.0 Å². The van der Waals surface area contributed by atoms with Crippen molar-refractivity contribution in [1.29, 1.82) is 0 Å². The van der Waals surface area contributed by atoms with E-state index in [4.69, 9.17) is 4.42 Å². The maximum atomic E-state index is 9.85. The fourth-order valence-electron chi connectivity index (χ4n) is 1.38. The van der Waals surface area contributed by atoms with Gasteiger partial charge in [0.1, 0.15) is 5.76 Å². The molecule has 74 valence electrons. The summed E-state index contributed by atoms with van der Waals surface area (Å²) in [4.78, 5) is 1.19. The molecule has 0 spiro atoms. The third-order valence-corrected chi connectivity index (χ3v) is 3.01. The summed E-state index contributed by atoms with van der Waals surface area (Å²) in [6.07, 6.45) is 1.83. The van der Waals surface area contributed by atoms with Gasteiger partial charge in [-0.05, 0) is 24.4 Å². The highest BCUT2D eigenvalue weighted by Gasteiger charge is 2.11. The lowest BCUT2D eigenvalue weighted by atomic mass is 10.1. The van der Waals surface area contributed by atoms with Gasteiger partial charge in [-0.2, -0.15) is 0 Å². The van der Waals surface area contributed by atoms with Gasteiger partial charge in [0.25, 0.3) is 0 Å². The summed E-state index contributed by atoms with van der Waals surface area (Å²) < 4.78 is 5.15. The lowest BCUT2D eigenvalue weighted by Gasteiger charge is -2.05. The molecule has 2 rings (SSSR count). The van der Waals surface area contributed by atoms with Crippen molar-refractivity contribution in [2.75, 3.05) is 0 Å². The van der Waals surface area contributed by atoms with E-state index in [0.717, 1.165) is 11.3 Å². The molecule has 1 unspecified atom stereocenters. The van der Waals surface area contributed by atoms with Crippen molar-refractivity contribution in [3.8, 4) is 0 Å². The van der Waals surface area contributed by atoms with Crippen LogP contribution in [0.4, 0.5) is 0 Å². The SMILES string of the molecule is Cc1cc(C(O)Cc2cccs2)co1. The molecule has 1 atom stereocenters. The van der Waals surface area contributed by atoms with Crippen LogP contribution in [0.5, 0.6) is 0 Å². The molecule has 0 aliphatic heterocycles. The van der Waals surface area contributed by atoms with E-state index in [1.54, 1.807) is 17.6 Å².